The number of fused-ring (bicyclic) bond motifs is 3. The van der Waals surface area contributed by atoms with Crippen LogP contribution in [0.1, 0.15) is 30.5 Å². The van der Waals surface area contributed by atoms with Gasteiger partial charge in [-0.15, -0.1) is 5.69 Å². The van der Waals surface area contributed by atoms with Crippen molar-refractivity contribution in [2.24, 2.45) is 0 Å². The fourth-order valence-corrected chi connectivity index (χ4v) is 4.55. The van der Waals surface area contributed by atoms with Crippen molar-refractivity contribution in [2.75, 3.05) is 0 Å². The second-order valence-corrected chi connectivity index (χ2v) is 10.9. The molecule has 0 spiro atoms. The molecule has 0 aliphatic heterocycles. The van der Waals surface area contributed by atoms with E-state index in [-0.39, 0.29) is 5.54 Å². The molecule has 0 saturated heterocycles. The van der Waals surface area contributed by atoms with Gasteiger partial charge in [0.15, 0.2) is 0 Å². The van der Waals surface area contributed by atoms with Crippen LogP contribution in [0.5, 0.6) is 0 Å². The van der Waals surface area contributed by atoms with E-state index >= 15 is 0 Å². The molecule has 0 radical (unpaired) electrons. The fraction of sp³-hybridized carbons (Fsp3) is 0.143. The zero-order chi connectivity index (χ0) is 22.6. The van der Waals surface area contributed by atoms with Gasteiger partial charge in [0.05, 0.1) is 0 Å². The molecule has 0 saturated carbocycles. The molecule has 0 unspecified atom stereocenters. The van der Waals surface area contributed by atoms with Crippen LogP contribution in [0.4, 0.5) is 5.69 Å². The predicted molar refractivity (Wildman–Crippen MR) is 134 cm³/mol. The van der Waals surface area contributed by atoms with Crippen LogP contribution in [0.25, 0.3) is 27.6 Å². The minimum atomic E-state index is -0.556. The third-order valence-electron chi connectivity index (χ3n) is 5.89. The third kappa shape index (κ3) is 4.82. The molecule has 160 valence electrons. The first-order valence-corrected chi connectivity index (χ1v) is 14.9. The molecule has 5 rings (SSSR count). The molecule has 0 atom stereocenters. The van der Waals surface area contributed by atoms with E-state index in [1.165, 1.54) is 38.9 Å². The Hall–Kier alpha value is -2.03. The molecule has 1 aliphatic rings. The summed E-state index contributed by atoms with van der Waals surface area (Å²) < 4.78 is 0. The Kier molecular flexibility index (Phi) is 7.43. The Balaban J connectivity index is 0.000000775. The molecule has 1 aliphatic carbocycles. The van der Waals surface area contributed by atoms with Crippen molar-refractivity contribution in [3.63, 3.8) is 0 Å². The maximum atomic E-state index is 5.08. The molecular formula is C28H24Cl2NTi-. The van der Waals surface area contributed by atoms with Crippen LogP contribution >= 0.6 is 18.6 Å². The molecule has 1 nitrogen and oxygen atoms in total. The van der Waals surface area contributed by atoms with Gasteiger partial charge in [-0.3, -0.25) is 0 Å². The Morgan fingerprint density at radius 3 is 1.91 bits per heavy atom. The van der Waals surface area contributed by atoms with E-state index in [1.807, 2.05) is 18.2 Å². The van der Waals surface area contributed by atoms with Crippen molar-refractivity contribution in [1.29, 1.82) is 0 Å². The molecule has 4 aromatic carbocycles. The molecule has 4 heteroatoms. The van der Waals surface area contributed by atoms with E-state index in [2.05, 4.69) is 92.7 Å². The fourth-order valence-electron chi connectivity index (χ4n) is 4.55. The summed E-state index contributed by atoms with van der Waals surface area (Å²) in [5.74, 6) is 0. The molecule has 0 heterocycles. The molecule has 0 aromatic heterocycles. The van der Waals surface area contributed by atoms with E-state index < -0.39 is 17.0 Å². The maximum absolute atomic E-state index is 5.08. The van der Waals surface area contributed by atoms with Crippen molar-refractivity contribution in [3.8, 4) is 22.3 Å². The van der Waals surface area contributed by atoms with Gasteiger partial charge >= 0.3 is 35.6 Å². The normalized spacial score (nSPS) is 11.6. The summed E-state index contributed by atoms with van der Waals surface area (Å²) in [6.07, 6.45) is 0.992. The first-order valence-electron chi connectivity index (χ1n) is 10.6. The molecule has 0 amide bonds. The number of nitrogens with zero attached hydrogens (tertiary/aromatic N) is 1. The van der Waals surface area contributed by atoms with Crippen LogP contribution < -0.4 is 0 Å². The molecule has 32 heavy (non-hydrogen) atoms. The van der Waals surface area contributed by atoms with Crippen LogP contribution in [0.2, 0.25) is 0 Å². The van der Waals surface area contributed by atoms with Gasteiger partial charge in [-0.25, -0.2) is 0 Å². The first-order chi connectivity index (χ1) is 15.5. The van der Waals surface area contributed by atoms with Gasteiger partial charge in [0.2, 0.25) is 0 Å². The van der Waals surface area contributed by atoms with Gasteiger partial charge in [-0.05, 0) is 39.8 Å². The van der Waals surface area contributed by atoms with E-state index in [0.29, 0.717) is 0 Å². The summed E-state index contributed by atoms with van der Waals surface area (Å²) in [7, 11) is 9.78. The monoisotopic (exact) mass is 492 g/mol. The topological polar surface area (TPSA) is 14.1 Å². The van der Waals surface area contributed by atoms with Crippen LogP contribution in [-0.2, 0) is 29.0 Å². The average Bonchev–Trinajstić information content (AvgIpc) is 3.19. The Morgan fingerprint density at radius 1 is 0.656 bits per heavy atom. The van der Waals surface area contributed by atoms with Crippen molar-refractivity contribution >= 4 is 24.3 Å². The SMILES string of the molecule is CC(C)([N-]c1ccccc1)c1ccccc1-c1cccc2c1Cc1ccccc1-2.[Cl][Ti][Cl]. The Morgan fingerprint density at radius 2 is 1.19 bits per heavy atom. The van der Waals surface area contributed by atoms with Gasteiger partial charge in [0.25, 0.3) is 0 Å². The third-order valence-corrected chi connectivity index (χ3v) is 5.89. The van der Waals surface area contributed by atoms with Crippen LogP contribution in [0, 0.1) is 0 Å². The van der Waals surface area contributed by atoms with Gasteiger partial charge in [-0.1, -0.05) is 122 Å². The predicted octanol–water partition coefficient (Wildman–Crippen LogP) is 9.24. The average molecular weight is 493 g/mol. The summed E-state index contributed by atoms with van der Waals surface area (Å²) in [5, 5.41) is 5.08. The number of hydrogen-bond acceptors (Lipinski definition) is 0. The molecule has 0 fully saturated rings. The number of benzene rings is 4. The number of hydrogen-bond donors (Lipinski definition) is 0. The van der Waals surface area contributed by atoms with Crippen molar-refractivity contribution in [2.45, 2.75) is 25.8 Å². The number of halogens is 2. The summed E-state index contributed by atoms with van der Waals surface area (Å²) >= 11 is -0.556. The summed E-state index contributed by atoms with van der Waals surface area (Å²) in [4.78, 5) is 0. The second-order valence-electron chi connectivity index (χ2n) is 8.29. The quantitative estimate of drug-likeness (QED) is 0.222. The number of rotatable bonds is 4. The second kappa shape index (κ2) is 10.3. The van der Waals surface area contributed by atoms with E-state index in [0.717, 1.165) is 12.1 Å². The van der Waals surface area contributed by atoms with Crippen molar-refractivity contribution < 1.29 is 17.0 Å². The Bertz CT molecular complexity index is 1200. The molecule has 0 N–H and O–H groups in total. The van der Waals surface area contributed by atoms with E-state index in [4.69, 9.17) is 23.9 Å². The zero-order valence-corrected chi connectivity index (χ0v) is 21.2. The van der Waals surface area contributed by atoms with Crippen molar-refractivity contribution in [1.82, 2.24) is 0 Å². The molecule has 4 aromatic rings. The van der Waals surface area contributed by atoms with Crippen LogP contribution in [-0.4, -0.2) is 0 Å². The standard InChI is InChI=1S/C28H24N.2ClH.Ti/c1-28(2,29-21-12-4-3-5-13-21)27-18-9-8-15-25(27)24-17-10-16-23-22-14-7-6-11-20(22)19-26(23)24;;;/h3-18H,19H2,1-2H3;2*1H;/q-1;;;+2/p-2. The van der Waals surface area contributed by atoms with Gasteiger partial charge in [0.1, 0.15) is 0 Å². The van der Waals surface area contributed by atoms with Gasteiger partial charge < -0.3 is 5.32 Å². The first kappa shape index (κ1) is 23.1. The molecular weight excluding hydrogens is 469 g/mol. The minimum absolute atomic E-state index is 0.327. The van der Waals surface area contributed by atoms with Crippen molar-refractivity contribution in [3.05, 3.63) is 119 Å². The summed E-state index contributed by atoms with van der Waals surface area (Å²) in [5.41, 5.74) is 10.1. The van der Waals surface area contributed by atoms with Crippen LogP contribution in [0.3, 0.4) is 0 Å². The number of para-hydroxylation sites is 1. The van der Waals surface area contributed by atoms with Gasteiger partial charge in [0, 0.05) is 0 Å². The summed E-state index contributed by atoms with van der Waals surface area (Å²) in [6.45, 7) is 4.41. The van der Waals surface area contributed by atoms with E-state index in [1.54, 1.807) is 0 Å². The zero-order valence-electron chi connectivity index (χ0n) is 18.1. The van der Waals surface area contributed by atoms with Crippen LogP contribution in [0.15, 0.2) is 97.1 Å². The Labute approximate surface area is 207 Å². The van der Waals surface area contributed by atoms with Gasteiger partial charge in [-0.2, -0.15) is 0 Å². The summed E-state index contributed by atoms with van der Waals surface area (Å²) in [6, 6.07) is 34.5. The molecule has 0 bridgehead atoms. The van der Waals surface area contributed by atoms with E-state index in [9.17, 15) is 0 Å².